The minimum atomic E-state index is -3.91. The molecule has 2 aromatic carbocycles. The summed E-state index contributed by atoms with van der Waals surface area (Å²) in [5, 5.41) is 5.42. The molecule has 30 heavy (non-hydrogen) atoms. The fourth-order valence-electron chi connectivity index (χ4n) is 3.77. The molecule has 3 aromatic rings. The van der Waals surface area contributed by atoms with E-state index in [2.05, 4.69) is 28.8 Å². The number of benzene rings is 2. The lowest BCUT2D eigenvalue weighted by Gasteiger charge is -2.37. The number of halogens is 1. The van der Waals surface area contributed by atoms with Gasteiger partial charge < -0.3 is 10.2 Å². The molecule has 1 fully saturated rings. The average Bonchev–Trinajstić information content (AvgIpc) is 3.24. The van der Waals surface area contributed by atoms with Crippen LogP contribution in [0.25, 0.3) is 10.4 Å². The Bertz CT molecular complexity index is 1110. The largest absolute Gasteiger partial charge is 0.368 e. The molecule has 0 saturated carbocycles. The van der Waals surface area contributed by atoms with Gasteiger partial charge in [0.25, 0.3) is 10.0 Å². The second-order valence-corrected chi connectivity index (χ2v) is 10.3. The molecule has 1 aliphatic rings. The number of sulfonamides is 1. The molecule has 1 aliphatic heterocycles. The molecule has 1 aromatic heterocycles. The third-order valence-electron chi connectivity index (χ3n) is 5.09. The van der Waals surface area contributed by atoms with Crippen LogP contribution in [0.2, 0.25) is 0 Å². The second kappa shape index (κ2) is 8.37. The molecule has 0 aliphatic carbocycles. The van der Waals surface area contributed by atoms with Gasteiger partial charge >= 0.3 is 0 Å². The highest BCUT2D eigenvalue weighted by Gasteiger charge is 2.23. The Hall–Kier alpha value is -2.42. The number of hydrogen-bond donors (Lipinski definition) is 2. The van der Waals surface area contributed by atoms with Crippen LogP contribution in [0.1, 0.15) is 13.8 Å². The van der Waals surface area contributed by atoms with E-state index in [1.54, 1.807) is 47.7 Å². The van der Waals surface area contributed by atoms with E-state index in [-0.39, 0.29) is 10.6 Å². The standard InChI is InChI=1S/C22H24FN3O2S2/c1-15-13-26(14-16(2)24-15)18-7-10-20(23)21(12-18)25-30(27,28)19-8-5-17(6-9-19)22-4-3-11-29-22/h3-12,15-16,24-25H,13-14H2,1-2H3/t15-,16+. The van der Waals surface area contributed by atoms with Crippen LogP contribution in [0.5, 0.6) is 0 Å². The summed E-state index contributed by atoms with van der Waals surface area (Å²) in [6, 6.07) is 15.7. The maximum atomic E-state index is 14.4. The first-order valence-electron chi connectivity index (χ1n) is 9.79. The molecule has 1 saturated heterocycles. The molecule has 0 spiro atoms. The summed E-state index contributed by atoms with van der Waals surface area (Å²) in [7, 11) is -3.91. The highest BCUT2D eigenvalue weighted by atomic mass is 32.2. The van der Waals surface area contributed by atoms with Crippen molar-refractivity contribution < 1.29 is 12.8 Å². The highest BCUT2D eigenvalue weighted by Crippen LogP contribution is 2.28. The van der Waals surface area contributed by atoms with Gasteiger partial charge in [-0.1, -0.05) is 18.2 Å². The van der Waals surface area contributed by atoms with E-state index in [9.17, 15) is 12.8 Å². The summed E-state index contributed by atoms with van der Waals surface area (Å²) in [5.41, 5.74) is 1.69. The fraction of sp³-hybridized carbons (Fsp3) is 0.273. The minimum absolute atomic E-state index is 0.0475. The van der Waals surface area contributed by atoms with Crippen molar-refractivity contribution in [2.75, 3.05) is 22.7 Å². The van der Waals surface area contributed by atoms with Gasteiger partial charge in [-0.3, -0.25) is 4.72 Å². The summed E-state index contributed by atoms with van der Waals surface area (Å²) in [5.74, 6) is -0.603. The zero-order chi connectivity index (χ0) is 21.3. The maximum Gasteiger partial charge on any atom is 0.261 e. The van der Waals surface area contributed by atoms with E-state index < -0.39 is 15.8 Å². The Morgan fingerprint density at radius 3 is 2.40 bits per heavy atom. The topological polar surface area (TPSA) is 61.4 Å². The van der Waals surface area contributed by atoms with Crippen LogP contribution in [-0.2, 0) is 10.0 Å². The van der Waals surface area contributed by atoms with Gasteiger partial charge in [-0.15, -0.1) is 11.3 Å². The SMILES string of the molecule is C[C@@H]1CN(c2ccc(F)c(NS(=O)(=O)c3ccc(-c4cccs4)cc3)c2)C[C@H](C)N1. The van der Waals surface area contributed by atoms with Crippen molar-refractivity contribution >= 4 is 32.7 Å². The van der Waals surface area contributed by atoms with Gasteiger partial charge in [-0.05, 0) is 61.2 Å². The number of piperazine rings is 1. The van der Waals surface area contributed by atoms with Gasteiger partial charge in [0.05, 0.1) is 10.6 Å². The summed E-state index contributed by atoms with van der Waals surface area (Å²) >= 11 is 1.59. The smallest absolute Gasteiger partial charge is 0.261 e. The van der Waals surface area contributed by atoms with E-state index in [0.717, 1.165) is 29.2 Å². The molecule has 0 amide bonds. The molecule has 2 atom stereocenters. The third-order valence-corrected chi connectivity index (χ3v) is 7.39. The number of rotatable bonds is 5. The van der Waals surface area contributed by atoms with Crippen LogP contribution in [-0.4, -0.2) is 33.6 Å². The van der Waals surface area contributed by atoms with E-state index >= 15 is 0 Å². The van der Waals surface area contributed by atoms with E-state index in [1.807, 2.05) is 17.5 Å². The number of nitrogens with zero attached hydrogens (tertiary/aromatic N) is 1. The van der Waals surface area contributed by atoms with Crippen molar-refractivity contribution in [2.45, 2.75) is 30.8 Å². The van der Waals surface area contributed by atoms with Crippen molar-refractivity contribution in [2.24, 2.45) is 0 Å². The Kier molecular flexibility index (Phi) is 5.81. The fourth-order valence-corrected chi connectivity index (χ4v) is 5.56. The van der Waals surface area contributed by atoms with E-state index in [4.69, 9.17) is 0 Å². The Labute approximate surface area is 180 Å². The van der Waals surface area contributed by atoms with Gasteiger partial charge in [-0.2, -0.15) is 0 Å². The molecule has 2 heterocycles. The molecule has 2 N–H and O–H groups in total. The number of thiophene rings is 1. The molecule has 158 valence electrons. The highest BCUT2D eigenvalue weighted by molar-refractivity contribution is 7.92. The first-order chi connectivity index (χ1) is 14.3. The Morgan fingerprint density at radius 2 is 1.77 bits per heavy atom. The summed E-state index contributed by atoms with van der Waals surface area (Å²) in [6.45, 7) is 5.73. The first-order valence-corrected chi connectivity index (χ1v) is 12.2. The van der Waals surface area contributed by atoms with Gasteiger partial charge in [0.2, 0.25) is 0 Å². The van der Waals surface area contributed by atoms with Crippen molar-refractivity contribution in [1.82, 2.24) is 5.32 Å². The second-order valence-electron chi connectivity index (χ2n) is 7.65. The zero-order valence-electron chi connectivity index (χ0n) is 16.8. The van der Waals surface area contributed by atoms with Crippen LogP contribution in [0.3, 0.4) is 0 Å². The van der Waals surface area contributed by atoms with Crippen LogP contribution in [0.4, 0.5) is 15.8 Å². The van der Waals surface area contributed by atoms with Crippen LogP contribution >= 0.6 is 11.3 Å². The third kappa shape index (κ3) is 4.50. The normalized spacial score (nSPS) is 19.6. The summed E-state index contributed by atoms with van der Waals surface area (Å²) in [4.78, 5) is 3.29. The zero-order valence-corrected chi connectivity index (χ0v) is 18.4. The lowest BCUT2D eigenvalue weighted by Crippen LogP contribution is -2.54. The van der Waals surface area contributed by atoms with Crippen LogP contribution in [0, 0.1) is 5.82 Å². The first kappa shape index (κ1) is 20.8. The quantitative estimate of drug-likeness (QED) is 0.605. The predicted molar refractivity (Wildman–Crippen MR) is 121 cm³/mol. The predicted octanol–water partition coefficient (Wildman–Crippen LogP) is 4.54. The molecule has 4 rings (SSSR count). The molecule has 0 radical (unpaired) electrons. The summed E-state index contributed by atoms with van der Waals surface area (Å²) < 4.78 is 42.5. The number of anilines is 2. The molecular formula is C22H24FN3O2S2. The van der Waals surface area contributed by atoms with Gasteiger partial charge in [0, 0.05) is 35.7 Å². The van der Waals surface area contributed by atoms with Crippen LogP contribution < -0.4 is 14.9 Å². The maximum absolute atomic E-state index is 14.4. The van der Waals surface area contributed by atoms with Gasteiger partial charge in [0.15, 0.2) is 0 Å². The molecule has 0 unspecified atom stereocenters. The number of nitrogens with one attached hydrogen (secondary N) is 2. The summed E-state index contributed by atoms with van der Waals surface area (Å²) in [6.07, 6.45) is 0. The van der Waals surface area contributed by atoms with E-state index in [0.29, 0.717) is 12.1 Å². The molecule has 0 bridgehead atoms. The number of hydrogen-bond acceptors (Lipinski definition) is 5. The molecule has 5 nitrogen and oxygen atoms in total. The molecular weight excluding hydrogens is 421 g/mol. The van der Waals surface area contributed by atoms with Crippen molar-refractivity contribution in [3.8, 4) is 10.4 Å². The monoisotopic (exact) mass is 445 g/mol. The lowest BCUT2D eigenvalue weighted by molar-refractivity contribution is 0.407. The Morgan fingerprint density at radius 1 is 1.07 bits per heavy atom. The van der Waals surface area contributed by atoms with Gasteiger partial charge in [0.1, 0.15) is 5.82 Å². The lowest BCUT2D eigenvalue weighted by atomic mass is 10.1. The average molecular weight is 446 g/mol. The molecule has 8 heteroatoms. The van der Waals surface area contributed by atoms with Crippen LogP contribution in [0.15, 0.2) is 64.9 Å². The van der Waals surface area contributed by atoms with Crippen molar-refractivity contribution in [1.29, 1.82) is 0 Å². The van der Waals surface area contributed by atoms with Crippen molar-refractivity contribution in [3.05, 3.63) is 65.8 Å². The van der Waals surface area contributed by atoms with Gasteiger partial charge in [-0.25, -0.2) is 12.8 Å². The van der Waals surface area contributed by atoms with Crippen molar-refractivity contribution in [3.63, 3.8) is 0 Å². The Balaban J connectivity index is 1.57. The minimum Gasteiger partial charge on any atom is -0.368 e. The van der Waals surface area contributed by atoms with E-state index in [1.165, 1.54) is 6.07 Å².